The lowest BCUT2D eigenvalue weighted by atomic mass is 10.1. The third-order valence-electron chi connectivity index (χ3n) is 8.39. The van der Waals surface area contributed by atoms with Crippen molar-refractivity contribution in [3.05, 3.63) is 95.1 Å². The minimum absolute atomic E-state index is 0.0553. The van der Waals surface area contributed by atoms with Crippen molar-refractivity contribution in [3.8, 4) is 12.1 Å². The van der Waals surface area contributed by atoms with Crippen LogP contribution in [-0.2, 0) is 38.1 Å². The van der Waals surface area contributed by atoms with Gasteiger partial charge in [0.05, 0.1) is 0 Å². The van der Waals surface area contributed by atoms with E-state index in [1.54, 1.807) is 28.9 Å². The van der Waals surface area contributed by atoms with Gasteiger partial charge in [-0.2, -0.15) is 10.5 Å². The predicted octanol–water partition coefficient (Wildman–Crippen LogP) is 7.30. The molecular weight excluding hydrogens is 764 g/mol. The lowest BCUT2D eigenvalue weighted by molar-refractivity contribution is -0.146. The standard InChI is InChI=1S/C42H46F4N4O8/c1-5-38(51)55-17-19-57-41(53)30(27-47)21-29-22-36(45)40(37(46)23-29)50(8-4)16-14-12-10-9-11-13-15-49(7-3)32-25-34(43)33(35(44)26-32)24-31(28-48)42(54)58-20-18-56-39(52)6-2/h5-6,21-26H,1-2,7-20H2,3-4H3. The molecule has 0 saturated heterocycles. The average Bonchev–Trinajstić information content (AvgIpc) is 3.20. The van der Waals surface area contributed by atoms with Crippen molar-refractivity contribution in [3.63, 3.8) is 0 Å². The van der Waals surface area contributed by atoms with E-state index in [0.717, 1.165) is 80.7 Å². The summed E-state index contributed by atoms with van der Waals surface area (Å²) < 4.78 is 79.5. The number of anilines is 2. The van der Waals surface area contributed by atoms with Gasteiger partial charge in [0.25, 0.3) is 0 Å². The third kappa shape index (κ3) is 15.6. The summed E-state index contributed by atoms with van der Waals surface area (Å²) in [4.78, 5) is 49.9. The molecule has 0 bridgehead atoms. The van der Waals surface area contributed by atoms with E-state index >= 15 is 17.6 Å². The minimum Gasteiger partial charge on any atom is -0.459 e. The van der Waals surface area contributed by atoms with Crippen molar-refractivity contribution in [2.45, 2.75) is 52.4 Å². The van der Waals surface area contributed by atoms with Crippen molar-refractivity contribution < 1.29 is 55.7 Å². The van der Waals surface area contributed by atoms with Gasteiger partial charge in [0, 0.05) is 49.6 Å². The van der Waals surface area contributed by atoms with Gasteiger partial charge in [0.2, 0.25) is 0 Å². The minimum atomic E-state index is -1.14. The highest BCUT2D eigenvalue weighted by Crippen LogP contribution is 2.28. The molecule has 0 atom stereocenters. The Balaban J connectivity index is 1.87. The maximum absolute atomic E-state index is 15.2. The Morgan fingerprint density at radius 2 is 1.03 bits per heavy atom. The molecule has 58 heavy (non-hydrogen) atoms. The number of esters is 4. The molecule has 2 aromatic rings. The summed E-state index contributed by atoms with van der Waals surface area (Å²) in [5, 5.41) is 18.7. The highest BCUT2D eigenvalue weighted by atomic mass is 19.1. The quantitative estimate of drug-likeness (QED) is 0.0247. The number of halogens is 4. The molecule has 0 heterocycles. The number of unbranched alkanes of at least 4 members (excludes halogenated alkanes) is 5. The second-order valence-corrected chi connectivity index (χ2v) is 12.3. The maximum Gasteiger partial charge on any atom is 0.349 e. The number of rotatable bonds is 25. The van der Waals surface area contributed by atoms with E-state index in [-0.39, 0.29) is 43.4 Å². The molecule has 0 amide bonds. The summed E-state index contributed by atoms with van der Waals surface area (Å²) in [7, 11) is 0. The smallest absolute Gasteiger partial charge is 0.349 e. The molecule has 12 nitrogen and oxygen atoms in total. The zero-order valence-electron chi connectivity index (χ0n) is 32.5. The number of carbonyl (C=O) groups is 4. The number of hydrogen-bond donors (Lipinski definition) is 0. The van der Waals surface area contributed by atoms with E-state index in [1.807, 2.05) is 6.92 Å². The van der Waals surface area contributed by atoms with Crippen molar-refractivity contribution in [2.24, 2.45) is 0 Å². The van der Waals surface area contributed by atoms with Gasteiger partial charge in [0.1, 0.15) is 78.7 Å². The molecule has 16 heteroatoms. The van der Waals surface area contributed by atoms with Crippen LogP contribution < -0.4 is 9.80 Å². The molecule has 0 aliphatic heterocycles. The Bertz CT molecular complexity index is 1890. The molecule has 0 radical (unpaired) electrons. The average molecular weight is 811 g/mol. The second-order valence-electron chi connectivity index (χ2n) is 12.3. The van der Waals surface area contributed by atoms with Gasteiger partial charge < -0.3 is 28.7 Å². The fourth-order valence-electron chi connectivity index (χ4n) is 5.48. The van der Waals surface area contributed by atoms with Gasteiger partial charge in [0.15, 0.2) is 0 Å². The second kappa shape index (κ2) is 25.7. The van der Waals surface area contributed by atoms with Gasteiger partial charge >= 0.3 is 23.9 Å². The molecule has 0 aliphatic carbocycles. The van der Waals surface area contributed by atoms with Crippen LogP contribution in [0.25, 0.3) is 12.2 Å². The SMILES string of the molecule is C=CC(=O)OCCOC(=O)C(C#N)=Cc1cc(F)c(N(CC)CCCCCCCCN(CC)c2cc(F)c(C=C(C#N)C(=O)OCCOC(=O)C=C)c(F)c2)c(F)c1. The van der Waals surface area contributed by atoms with E-state index in [9.17, 15) is 29.7 Å². The monoisotopic (exact) mass is 810 g/mol. The number of carbonyl (C=O) groups excluding carboxylic acids is 4. The first-order chi connectivity index (χ1) is 27.8. The van der Waals surface area contributed by atoms with E-state index < -0.39 is 63.9 Å². The zero-order valence-corrected chi connectivity index (χ0v) is 32.5. The fourth-order valence-corrected chi connectivity index (χ4v) is 5.48. The summed E-state index contributed by atoms with van der Waals surface area (Å²) in [6.07, 6.45) is 8.29. The molecule has 0 unspecified atom stereocenters. The molecular formula is C42H46F4N4O8. The first-order valence-electron chi connectivity index (χ1n) is 18.5. The number of nitriles is 2. The molecule has 0 aliphatic rings. The van der Waals surface area contributed by atoms with Crippen LogP contribution in [0.4, 0.5) is 28.9 Å². The molecule has 2 aromatic carbocycles. The first-order valence-corrected chi connectivity index (χ1v) is 18.5. The van der Waals surface area contributed by atoms with Gasteiger partial charge in [-0.05, 0) is 68.7 Å². The molecule has 310 valence electrons. The van der Waals surface area contributed by atoms with Crippen LogP contribution in [0, 0.1) is 45.9 Å². The molecule has 0 aromatic heterocycles. The van der Waals surface area contributed by atoms with Crippen molar-refractivity contribution in [1.82, 2.24) is 0 Å². The van der Waals surface area contributed by atoms with Crippen LogP contribution in [0.15, 0.2) is 60.7 Å². The molecule has 0 saturated carbocycles. The van der Waals surface area contributed by atoms with E-state index in [4.69, 9.17) is 9.47 Å². The normalized spacial score (nSPS) is 11.1. The molecule has 2 rings (SSSR count). The van der Waals surface area contributed by atoms with E-state index in [0.29, 0.717) is 32.6 Å². The van der Waals surface area contributed by atoms with Crippen LogP contribution in [0.5, 0.6) is 0 Å². The van der Waals surface area contributed by atoms with Gasteiger partial charge in [-0.25, -0.2) is 36.7 Å². The summed E-state index contributed by atoms with van der Waals surface area (Å²) in [5.41, 5.74) is -1.72. The topological polar surface area (TPSA) is 159 Å². The van der Waals surface area contributed by atoms with Crippen molar-refractivity contribution >= 4 is 47.4 Å². The van der Waals surface area contributed by atoms with Crippen LogP contribution in [0.1, 0.15) is 63.5 Å². The van der Waals surface area contributed by atoms with Crippen LogP contribution in [-0.4, -0.2) is 76.5 Å². The van der Waals surface area contributed by atoms with Crippen LogP contribution in [0.2, 0.25) is 0 Å². The van der Waals surface area contributed by atoms with E-state index in [1.165, 1.54) is 0 Å². The fraction of sp³-hybridized carbons (Fsp3) is 0.381. The van der Waals surface area contributed by atoms with E-state index in [2.05, 4.69) is 22.6 Å². The van der Waals surface area contributed by atoms with Gasteiger partial charge in [-0.15, -0.1) is 0 Å². The largest absolute Gasteiger partial charge is 0.459 e. The Morgan fingerprint density at radius 1 is 0.621 bits per heavy atom. The Labute approximate surface area is 335 Å². The number of nitrogens with zero attached hydrogens (tertiary/aromatic N) is 4. The number of ether oxygens (including phenoxy) is 4. The third-order valence-corrected chi connectivity index (χ3v) is 8.39. The highest BCUT2D eigenvalue weighted by molar-refractivity contribution is 5.98. The van der Waals surface area contributed by atoms with Crippen molar-refractivity contribution in [1.29, 1.82) is 10.5 Å². The van der Waals surface area contributed by atoms with Gasteiger partial charge in [-0.1, -0.05) is 38.8 Å². The first kappa shape index (κ1) is 47.7. The Kier molecular flexibility index (Phi) is 21.1. The number of hydrogen-bond acceptors (Lipinski definition) is 12. The lowest BCUT2D eigenvalue weighted by Crippen LogP contribution is -2.26. The van der Waals surface area contributed by atoms with Crippen molar-refractivity contribution in [2.75, 3.05) is 62.4 Å². The predicted molar refractivity (Wildman–Crippen MR) is 208 cm³/mol. The summed E-state index contributed by atoms with van der Waals surface area (Å²) in [5.74, 6) is -7.32. The van der Waals surface area contributed by atoms with Crippen LogP contribution >= 0.6 is 0 Å². The Hall–Kier alpha value is -6.42. The summed E-state index contributed by atoms with van der Waals surface area (Å²) in [6.45, 7) is 10.5. The number of benzene rings is 2. The lowest BCUT2D eigenvalue weighted by Gasteiger charge is -2.24. The summed E-state index contributed by atoms with van der Waals surface area (Å²) >= 11 is 0. The van der Waals surface area contributed by atoms with Gasteiger partial charge in [-0.3, -0.25) is 0 Å². The highest BCUT2D eigenvalue weighted by Gasteiger charge is 2.20. The Morgan fingerprint density at radius 3 is 1.47 bits per heavy atom. The molecule has 0 fully saturated rings. The molecule has 0 spiro atoms. The zero-order chi connectivity index (χ0) is 43.0. The van der Waals surface area contributed by atoms with Crippen LogP contribution in [0.3, 0.4) is 0 Å². The maximum atomic E-state index is 15.2. The summed E-state index contributed by atoms with van der Waals surface area (Å²) in [6, 6.07) is 7.49. The molecule has 0 N–H and O–H groups in total.